The monoisotopic (exact) mass is 332 g/mol. The lowest BCUT2D eigenvalue weighted by atomic mass is 10.1. The van der Waals surface area contributed by atoms with E-state index in [1.165, 1.54) is 6.33 Å². The number of hydrogen-bond acceptors (Lipinski definition) is 5. The summed E-state index contributed by atoms with van der Waals surface area (Å²) < 4.78 is 7.45. The van der Waals surface area contributed by atoms with E-state index in [2.05, 4.69) is 21.2 Å². The second-order valence-corrected chi connectivity index (χ2v) is 5.05. The number of terminal acetylenes is 1. The van der Waals surface area contributed by atoms with Gasteiger partial charge in [-0.2, -0.15) is 5.10 Å². The van der Waals surface area contributed by atoms with Crippen LogP contribution in [0.15, 0.2) is 72.4 Å². The number of benzene rings is 2. The highest BCUT2D eigenvalue weighted by molar-refractivity contribution is 6.00. The molecule has 0 amide bonds. The molecule has 0 N–H and O–H groups in total. The maximum atomic E-state index is 5.79. The molecule has 0 aliphatic heterocycles. The number of ether oxygens (including phenoxy) is 1. The van der Waals surface area contributed by atoms with Crippen LogP contribution in [0.25, 0.3) is 0 Å². The van der Waals surface area contributed by atoms with E-state index in [0.29, 0.717) is 12.3 Å². The SMILES string of the molecule is C#CCON=C(Cn1cncn1)c1ccc(Oc2ccccc2)cc1. The Labute approximate surface area is 145 Å². The average molecular weight is 332 g/mol. The molecule has 1 aromatic heterocycles. The lowest BCUT2D eigenvalue weighted by molar-refractivity contribution is 0.179. The zero-order valence-electron chi connectivity index (χ0n) is 13.4. The van der Waals surface area contributed by atoms with Gasteiger partial charge in [-0.15, -0.1) is 6.42 Å². The summed E-state index contributed by atoms with van der Waals surface area (Å²) in [5.41, 5.74) is 1.57. The minimum absolute atomic E-state index is 0.107. The van der Waals surface area contributed by atoms with E-state index in [4.69, 9.17) is 16.0 Å². The highest BCUT2D eigenvalue weighted by Crippen LogP contribution is 2.21. The van der Waals surface area contributed by atoms with E-state index in [-0.39, 0.29) is 6.61 Å². The van der Waals surface area contributed by atoms with Crippen LogP contribution >= 0.6 is 0 Å². The van der Waals surface area contributed by atoms with Gasteiger partial charge in [-0.05, 0) is 36.4 Å². The maximum Gasteiger partial charge on any atom is 0.177 e. The molecule has 0 aliphatic carbocycles. The number of nitrogens with zero attached hydrogens (tertiary/aromatic N) is 4. The molecule has 6 heteroatoms. The molecule has 6 nitrogen and oxygen atoms in total. The lowest BCUT2D eigenvalue weighted by Crippen LogP contribution is -2.13. The number of hydrogen-bond donors (Lipinski definition) is 0. The first-order valence-electron chi connectivity index (χ1n) is 7.63. The van der Waals surface area contributed by atoms with Crippen LogP contribution in [0.1, 0.15) is 5.56 Å². The fourth-order valence-electron chi connectivity index (χ4n) is 2.13. The summed E-state index contributed by atoms with van der Waals surface area (Å²) in [4.78, 5) is 9.06. The third-order valence-corrected chi connectivity index (χ3v) is 3.27. The molecule has 0 atom stereocenters. The minimum Gasteiger partial charge on any atom is -0.457 e. The van der Waals surface area contributed by atoms with Crippen molar-refractivity contribution in [2.24, 2.45) is 5.16 Å². The Kier molecular flexibility index (Phi) is 5.41. The number of oxime groups is 1. The Morgan fingerprint density at radius 1 is 1.08 bits per heavy atom. The zero-order valence-corrected chi connectivity index (χ0v) is 13.4. The second kappa shape index (κ2) is 8.31. The first-order valence-corrected chi connectivity index (χ1v) is 7.63. The Hall–Kier alpha value is -3.59. The molecule has 0 saturated heterocycles. The van der Waals surface area contributed by atoms with Crippen molar-refractivity contribution in [2.45, 2.75) is 6.54 Å². The average Bonchev–Trinajstić information content (AvgIpc) is 3.16. The summed E-state index contributed by atoms with van der Waals surface area (Å²) in [5.74, 6) is 3.90. The Balaban J connectivity index is 1.76. The number of rotatable bonds is 7. The smallest absolute Gasteiger partial charge is 0.177 e. The van der Waals surface area contributed by atoms with Gasteiger partial charge in [0.05, 0.1) is 6.54 Å². The van der Waals surface area contributed by atoms with Gasteiger partial charge in [-0.25, -0.2) is 9.67 Å². The molecule has 124 valence electrons. The van der Waals surface area contributed by atoms with Crippen LogP contribution in [0.3, 0.4) is 0 Å². The molecule has 3 aromatic rings. The van der Waals surface area contributed by atoms with E-state index in [1.807, 2.05) is 54.6 Å². The summed E-state index contributed by atoms with van der Waals surface area (Å²) in [5, 5.41) is 8.20. The van der Waals surface area contributed by atoms with Gasteiger partial charge < -0.3 is 9.57 Å². The van der Waals surface area contributed by atoms with E-state index in [1.54, 1.807) is 11.0 Å². The Morgan fingerprint density at radius 2 is 1.84 bits per heavy atom. The molecular formula is C19H16N4O2. The fourth-order valence-corrected chi connectivity index (χ4v) is 2.13. The quantitative estimate of drug-likeness (QED) is 0.289. The maximum absolute atomic E-state index is 5.79. The van der Waals surface area contributed by atoms with Crippen LogP contribution in [0.2, 0.25) is 0 Å². The first kappa shape index (κ1) is 16.3. The highest BCUT2D eigenvalue weighted by atomic mass is 16.6. The molecular weight excluding hydrogens is 316 g/mol. The van der Waals surface area contributed by atoms with Crippen molar-refractivity contribution in [2.75, 3.05) is 6.61 Å². The molecule has 2 aromatic carbocycles. The molecule has 0 spiro atoms. The van der Waals surface area contributed by atoms with Crippen molar-refractivity contribution in [1.82, 2.24) is 14.8 Å². The van der Waals surface area contributed by atoms with Crippen molar-refractivity contribution in [3.8, 4) is 23.8 Å². The van der Waals surface area contributed by atoms with Gasteiger partial charge in [-0.1, -0.05) is 29.3 Å². The lowest BCUT2D eigenvalue weighted by Gasteiger charge is -2.09. The largest absolute Gasteiger partial charge is 0.457 e. The molecule has 25 heavy (non-hydrogen) atoms. The van der Waals surface area contributed by atoms with Gasteiger partial charge in [-0.3, -0.25) is 0 Å². The van der Waals surface area contributed by atoms with Crippen molar-refractivity contribution in [3.63, 3.8) is 0 Å². The third-order valence-electron chi connectivity index (χ3n) is 3.27. The van der Waals surface area contributed by atoms with Gasteiger partial charge in [0, 0.05) is 5.56 Å². The van der Waals surface area contributed by atoms with Crippen molar-refractivity contribution < 1.29 is 9.57 Å². The predicted molar refractivity (Wildman–Crippen MR) is 94.3 cm³/mol. The summed E-state index contributed by atoms with van der Waals surface area (Å²) >= 11 is 0. The van der Waals surface area contributed by atoms with Crippen LogP contribution < -0.4 is 4.74 Å². The molecule has 0 bridgehead atoms. The van der Waals surface area contributed by atoms with Crippen LogP contribution in [0.4, 0.5) is 0 Å². The predicted octanol–water partition coefficient (Wildman–Crippen LogP) is 3.12. The van der Waals surface area contributed by atoms with Gasteiger partial charge in [0.1, 0.15) is 29.9 Å². The van der Waals surface area contributed by atoms with Gasteiger partial charge in [0.25, 0.3) is 0 Å². The second-order valence-electron chi connectivity index (χ2n) is 5.05. The van der Waals surface area contributed by atoms with Crippen molar-refractivity contribution in [3.05, 3.63) is 72.8 Å². The van der Waals surface area contributed by atoms with Gasteiger partial charge in [0.2, 0.25) is 0 Å². The fraction of sp³-hybridized carbons (Fsp3) is 0.105. The molecule has 0 aliphatic rings. The molecule has 0 unspecified atom stereocenters. The number of para-hydroxylation sites is 1. The van der Waals surface area contributed by atoms with Crippen molar-refractivity contribution >= 4 is 5.71 Å². The van der Waals surface area contributed by atoms with Gasteiger partial charge in [0.15, 0.2) is 6.61 Å². The molecule has 3 rings (SSSR count). The Bertz CT molecular complexity index is 851. The van der Waals surface area contributed by atoms with E-state index in [0.717, 1.165) is 17.1 Å². The third kappa shape index (κ3) is 4.69. The highest BCUT2D eigenvalue weighted by Gasteiger charge is 2.08. The van der Waals surface area contributed by atoms with Crippen molar-refractivity contribution in [1.29, 1.82) is 0 Å². The standard InChI is InChI=1S/C19H16N4O2/c1-2-12-24-22-19(13-23-15-20-14-21-23)16-8-10-18(11-9-16)25-17-6-4-3-5-7-17/h1,3-11,14-15H,12-13H2. The normalized spacial score (nSPS) is 10.9. The van der Waals surface area contributed by atoms with Crippen LogP contribution in [-0.4, -0.2) is 27.1 Å². The molecule has 0 radical (unpaired) electrons. The summed E-state index contributed by atoms with van der Waals surface area (Å²) in [6, 6.07) is 17.2. The number of aromatic nitrogens is 3. The summed E-state index contributed by atoms with van der Waals surface area (Å²) in [7, 11) is 0. The molecule has 0 fully saturated rings. The van der Waals surface area contributed by atoms with Crippen LogP contribution in [0, 0.1) is 12.3 Å². The van der Waals surface area contributed by atoms with E-state index >= 15 is 0 Å². The van der Waals surface area contributed by atoms with Crippen LogP contribution in [0.5, 0.6) is 11.5 Å². The summed E-state index contributed by atoms with van der Waals surface area (Å²) in [6.07, 6.45) is 8.28. The summed E-state index contributed by atoms with van der Waals surface area (Å²) in [6.45, 7) is 0.527. The molecule has 0 saturated carbocycles. The molecule has 1 heterocycles. The van der Waals surface area contributed by atoms with E-state index < -0.39 is 0 Å². The van der Waals surface area contributed by atoms with Gasteiger partial charge >= 0.3 is 0 Å². The zero-order chi connectivity index (χ0) is 17.3. The topological polar surface area (TPSA) is 61.5 Å². The van der Waals surface area contributed by atoms with E-state index in [9.17, 15) is 0 Å². The Morgan fingerprint density at radius 3 is 2.52 bits per heavy atom. The van der Waals surface area contributed by atoms with Crippen LogP contribution in [-0.2, 0) is 11.4 Å². The minimum atomic E-state index is 0.107. The first-order chi connectivity index (χ1) is 12.3.